The maximum absolute atomic E-state index is 3.71. The molecule has 18 heavy (non-hydrogen) atoms. The van der Waals surface area contributed by atoms with E-state index in [0.29, 0.717) is 0 Å². The topological polar surface area (TPSA) is 15.3 Å². The largest absolute Gasteiger partial charge is 0.311 e. The number of hydrogen-bond acceptors (Lipinski definition) is 3. The van der Waals surface area contributed by atoms with Gasteiger partial charge in [-0.3, -0.25) is 4.90 Å². The molecule has 0 aliphatic carbocycles. The van der Waals surface area contributed by atoms with Gasteiger partial charge in [-0.05, 0) is 60.1 Å². The lowest BCUT2D eigenvalue weighted by atomic mass is 9.98. The van der Waals surface area contributed by atoms with Gasteiger partial charge >= 0.3 is 0 Å². The van der Waals surface area contributed by atoms with Crippen LogP contribution in [-0.2, 0) is 6.54 Å². The van der Waals surface area contributed by atoms with Crippen LogP contribution in [0.15, 0.2) is 15.9 Å². The number of rotatable bonds is 3. The highest BCUT2D eigenvalue weighted by molar-refractivity contribution is 9.10. The van der Waals surface area contributed by atoms with E-state index in [-0.39, 0.29) is 12.4 Å². The number of piperidine rings is 1. The first kappa shape index (κ1) is 14.8. The van der Waals surface area contributed by atoms with E-state index >= 15 is 0 Å². The summed E-state index contributed by atoms with van der Waals surface area (Å²) < 4.78 is 1.27. The van der Waals surface area contributed by atoms with Gasteiger partial charge in [0, 0.05) is 34.0 Å². The molecule has 1 N–H and O–H groups in total. The second-order valence-electron chi connectivity index (χ2n) is 5.37. The summed E-state index contributed by atoms with van der Waals surface area (Å²) in [7, 11) is 2.28. The third kappa shape index (κ3) is 3.10. The van der Waals surface area contributed by atoms with E-state index in [4.69, 9.17) is 0 Å². The second kappa shape index (κ2) is 6.23. The van der Waals surface area contributed by atoms with Crippen molar-refractivity contribution in [2.75, 3.05) is 7.05 Å². The Balaban J connectivity index is 0.00000120. The summed E-state index contributed by atoms with van der Waals surface area (Å²) in [6, 6.07) is 4.49. The fourth-order valence-electron chi connectivity index (χ4n) is 3.18. The predicted molar refractivity (Wildman–Crippen MR) is 83.7 cm³/mol. The van der Waals surface area contributed by atoms with Gasteiger partial charge in [0.2, 0.25) is 0 Å². The molecule has 2 fully saturated rings. The van der Waals surface area contributed by atoms with E-state index in [1.807, 2.05) is 11.3 Å². The standard InChI is InChI=1S/C13H19BrN2S.ClH/c1-16(8-13-12(14)4-5-17-13)11-6-9-2-3-10(7-11)15-9;/h4-5,9-11,15H,2-3,6-8H2,1H3;1H. The van der Waals surface area contributed by atoms with Gasteiger partial charge in [-0.25, -0.2) is 0 Å². The van der Waals surface area contributed by atoms with Gasteiger partial charge in [0.05, 0.1) is 0 Å². The van der Waals surface area contributed by atoms with E-state index in [2.05, 4.69) is 44.6 Å². The van der Waals surface area contributed by atoms with Crippen molar-refractivity contribution in [3.05, 3.63) is 20.8 Å². The summed E-state index contributed by atoms with van der Waals surface area (Å²) in [6.07, 6.45) is 5.43. The zero-order valence-electron chi connectivity index (χ0n) is 10.6. The molecule has 3 rings (SSSR count). The zero-order valence-corrected chi connectivity index (χ0v) is 13.8. The number of nitrogens with one attached hydrogen (secondary N) is 1. The molecule has 2 bridgehead atoms. The molecule has 2 nitrogen and oxygen atoms in total. The number of hydrogen-bond donors (Lipinski definition) is 1. The quantitative estimate of drug-likeness (QED) is 0.894. The van der Waals surface area contributed by atoms with Crippen LogP contribution in [0.3, 0.4) is 0 Å². The highest BCUT2D eigenvalue weighted by Gasteiger charge is 2.35. The van der Waals surface area contributed by atoms with E-state index < -0.39 is 0 Å². The maximum atomic E-state index is 3.71. The van der Waals surface area contributed by atoms with Crippen LogP contribution in [0.1, 0.15) is 30.6 Å². The van der Waals surface area contributed by atoms with Crippen LogP contribution in [0.5, 0.6) is 0 Å². The van der Waals surface area contributed by atoms with Gasteiger partial charge in [0.15, 0.2) is 0 Å². The Bertz CT molecular complexity index is 386. The van der Waals surface area contributed by atoms with Crippen molar-refractivity contribution in [1.82, 2.24) is 10.2 Å². The number of halogens is 2. The number of nitrogens with zero attached hydrogens (tertiary/aromatic N) is 1. The summed E-state index contributed by atoms with van der Waals surface area (Å²) >= 11 is 5.48. The molecule has 102 valence electrons. The van der Waals surface area contributed by atoms with E-state index in [9.17, 15) is 0 Å². The van der Waals surface area contributed by atoms with Crippen molar-refractivity contribution >= 4 is 39.7 Å². The number of thiophene rings is 1. The van der Waals surface area contributed by atoms with Crippen molar-refractivity contribution in [3.63, 3.8) is 0 Å². The fourth-order valence-corrected chi connectivity index (χ4v) is 4.72. The summed E-state index contributed by atoms with van der Waals surface area (Å²) in [4.78, 5) is 4.00. The molecule has 2 saturated heterocycles. The first-order valence-corrected chi connectivity index (χ1v) is 8.08. The predicted octanol–water partition coefficient (Wildman–Crippen LogP) is 3.65. The Hall–Kier alpha value is 0.390. The Morgan fingerprint density at radius 2 is 2.06 bits per heavy atom. The molecule has 0 spiro atoms. The van der Waals surface area contributed by atoms with Crippen molar-refractivity contribution in [3.8, 4) is 0 Å². The van der Waals surface area contributed by atoms with Crippen LogP contribution in [0.4, 0.5) is 0 Å². The Morgan fingerprint density at radius 1 is 1.39 bits per heavy atom. The van der Waals surface area contributed by atoms with Gasteiger partial charge in [0.1, 0.15) is 0 Å². The molecular weight excluding hydrogens is 332 g/mol. The summed E-state index contributed by atoms with van der Waals surface area (Å²) in [6.45, 7) is 1.09. The molecular formula is C13H20BrClN2S. The number of fused-ring (bicyclic) bond motifs is 2. The van der Waals surface area contributed by atoms with E-state index in [1.54, 1.807) is 0 Å². The molecule has 1 aromatic rings. The SMILES string of the molecule is CN(Cc1sccc1Br)C1CC2CCC(C1)N2.Cl. The summed E-state index contributed by atoms with van der Waals surface area (Å²) in [5.41, 5.74) is 0. The molecule has 2 unspecified atom stereocenters. The van der Waals surface area contributed by atoms with Crippen molar-refractivity contribution in [2.45, 2.75) is 50.4 Å². The molecule has 3 heterocycles. The van der Waals surface area contributed by atoms with Crippen LogP contribution in [-0.4, -0.2) is 30.1 Å². The van der Waals surface area contributed by atoms with E-state index in [1.165, 1.54) is 35.0 Å². The van der Waals surface area contributed by atoms with Crippen LogP contribution in [0, 0.1) is 0 Å². The molecule has 2 aliphatic rings. The lowest BCUT2D eigenvalue weighted by Crippen LogP contribution is -2.46. The van der Waals surface area contributed by atoms with Gasteiger partial charge in [-0.1, -0.05) is 0 Å². The minimum absolute atomic E-state index is 0. The Morgan fingerprint density at radius 3 is 2.61 bits per heavy atom. The van der Waals surface area contributed by atoms with Crippen molar-refractivity contribution in [2.24, 2.45) is 0 Å². The molecule has 0 amide bonds. The summed E-state index contributed by atoms with van der Waals surface area (Å²) in [5, 5.41) is 5.88. The van der Waals surface area contributed by atoms with Crippen LogP contribution in [0.2, 0.25) is 0 Å². The molecule has 0 radical (unpaired) electrons. The normalized spacial score (nSPS) is 30.5. The first-order chi connectivity index (χ1) is 8.22. The molecule has 5 heteroatoms. The van der Waals surface area contributed by atoms with Crippen molar-refractivity contribution in [1.29, 1.82) is 0 Å². The van der Waals surface area contributed by atoms with Gasteiger partial charge in [0.25, 0.3) is 0 Å². The molecule has 2 atom stereocenters. The van der Waals surface area contributed by atoms with Crippen LogP contribution >= 0.6 is 39.7 Å². The van der Waals surface area contributed by atoms with Gasteiger partial charge in [-0.15, -0.1) is 23.7 Å². The molecule has 1 aromatic heterocycles. The average Bonchev–Trinajstić information content (AvgIpc) is 2.86. The lowest BCUT2D eigenvalue weighted by Gasteiger charge is -2.35. The molecule has 0 aromatic carbocycles. The Labute approximate surface area is 128 Å². The highest BCUT2D eigenvalue weighted by Crippen LogP contribution is 2.31. The Kier molecular flexibility index (Phi) is 5.12. The molecule has 2 aliphatic heterocycles. The smallest absolute Gasteiger partial charge is 0.0339 e. The third-order valence-corrected chi connectivity index (χ3v) is 6.07. The minimum Gasteiger partial charge on any atom is -0.311 e. The minimum atomic E-state index is 0. The average molecular weight is 352 g/mol. The fraction of sp³-hybridized carbons (Fsp3) is 0.692. The van der Waals surface area contributed by atoms with Gasteiger partial charge in [-0.2, -0.15) is 0 Å². The summed E-state index contributed by atoms with van der Waals surface area (Å²) in [5.74, 6) is 0. The van der Waals surface area contributed by atoms with E-state index in [0.717, 1.165) is 24.7 Å². The van der Waals surface area contributed by atoms with Gasteiger partial charge < -0.3 is 5.32 Å². The third-order valence-electron chi connectivity index (χ3n) is 4.16. The van der Waals surface area contributed by atoms with Crippen LogP contribution < -0.4 is 5.32 Å². The lowest BCUT2D eigenvalue weighted by molar-refractivity contribution is 0.167. The van der Waals surface area contributed by atoms with Crippen molar-refractivity contribution < 1.29 is 0 Å². The zero-order chi connectivity index (χ0) is 11.8. The second-order valence-corrected chi connectivity index (χ2v) is 7.22. The first-order valence-electron chi connectivity index (χ1n) is 6.40. The van der Waals surface area contributed by atoms with Crippen LogP contribution in [0.25, 0.3) is 0 Å². The monoisotopic (exact) mass is 350 g/mol. The molecule has 0 saturated carbocycles. The highest BCUT2D eigenvalue weighted by atomic mass is 79.9. The maximum Gasteiger partial charge on any atom is 0.0339 e.